The number of carbonyl (C=O) groups is 1. The number of hydrogen-bond acceptors (Lipinski definition) is 2. The van der Waals surface area contributed by atoms with Crippen molar-refractivity contribution in [1.82, 2.24) is 9.47 Å². The monoisotopic (exact) mass is 420 g/mol. The molecule has 1 aliphatic heterocycles. The van der Waals surface area contributed by atoms with Crippen molar-refractivity contribution < 1.29 is 18.3 Å². The number of fused-ring (bicyclic) bond motifs is 3. The van der Waals surface area contributed by atoms with Gasteiger partial charge in [-0.25, -0.2) is 13.6 Å². The van der Waals surface area contributed by atoms with E-state index >= 15 is 4.39 Å². The van der Waals surface area contributed by atoms with Gasteiger partial charge in [0.1, 0.15) is 17.6 Å². The molecule has 0 N–H and O–H groups in total. The molecule has 4 rings (SSSR count). The molecular weight excluding hydrogens is 398 g/mol. The molecule has 29 heavy (non-hydrogen) atoms. The fourth-order valence-electron chi connectivity index (χ4n) is 4.03. The Labute approximate surface area is 173 Å². The Morgan fingerprint density at radius 2 is 1.79 bits per heavy atom. The van der Waals surface area contributed by atoms with Crippen LogP contribution in [0.2, 0.25) is 5.02 Å². The summed E-state index contributed by atoms with van der Waals surface area (Å²) in [5.41, 5.74) is 0.922. The molecule has 0 unspecified atom stereocenters. The van der Waals surface area contributed by atoms with Gasteiger partial charge in [-0.15, -0.1) is 0 Å². The van der Waals surface area contributed by atoms with Gasteiger partial charge in [0, 0.05) is 33.4 Å². The molecule has 2 aromatic carbocycles. The number of alkyl halides is 1. The van der Waals surface area contributed by atoms with Crippen LogP contribution in [0.25, 0.3) is 21.8 Å². The van der Waals surface area contributed by atoms with Crippen molar-refractivity contribution in [2.45, 2.75) is 45.0 Å². The van der Waals surface area contributed by atoms with Crippen LogP contribution in [0, 0.1) is 5.82 Å². The highest BCUT2D eigenvalue weighted by Crippen LogP contribution is 2.38. The summed E-state index contributed by atoms with van der Waals surface area (Å²) >= 11 is 6.15. The van der Waals surface area contributed by atoms with Crippen LogP contribution in [0.15, 0.2) is 36.4 Å². The number of benzene rings is 2. The summed E-state index contributed by atoms with van der Waals surface area (Å²) < 4.78 is 36.5. The highest BCUT2D eigenvalue weighted by atomic mass is 35.5. The minimum Gasteiger partial charge on any atom is -0.444 e. The van der Waals surface area contributed by atoms with E-state index in [0.717, 1.165) is 16.4 Å². The lowest BCUT2D eigenvalue weighted by Crippen LogP contribution is -2.47. The number of rotatable bonds is 1. The summed E-state index contributed by atoms with van der Waals surface area (Å²) in [7, 11) is 0. The zero-order valence-electron chi connectivity index (χ0n) is 16.6. The van der Waals surface area contributed by atoms with E-state index in [-0.39, 0.29) is 12.4 Å². The fourth-order valence-corrected chi connectivity index (χ4v) is 4.20. The predicted octanol–water partition coefficient (Wildman–Crippen LogP) is 6.11. The van der Waals surface area contributed by atoms with Crippen molar-refractivity contribution in [2.75, 3.05) is 13.1 Å². The Hall–Kier alpha value is -2.34. The van der Waals surface area contributed by atoms with E-state index in [9.17, 15) is 9.18 Å². The highest BCUT2D eigenvalue weighted by Gasteiger charge is 2.35. The van der Waals surface area contributed by atoms with Crippen molar-refractivity contribution in [2.24, 2.45) is 0 Å². The summed E-state index contributed by atoms with van der Waals surface area (Å²) in [6.07, 6.45) is -1.36. The van der Waals surface area contributed by atoms with E-state index < -0.39 is 23.9 Å². The SMILES string of the molecule is CC(C)(C)OC(=O)N1CC[C@@H](n2c3ccc(F)cc3c3cc(Cl)ccc32)[C@@H](F)C1. The van der Waals surface area contributed by atoms with E-state index in [4.69, 9.17) is 16.3 Å². The fraction of sp³-hybridized carbons (Fsp3) is 0.409. The van der Waals surface area contributed by atoms with Gasteiger partial charge in [0.2, 0.25) is 0 Å². The molecule has 1 saturated heterocycles. The van der Waals surface area contributed by atoms with Crippen molar-refractivity contribution in [3.8, 4) is 0 Å². The van der Waals surface area contributed by atoms with Gasteiger partial charge in [-0.1, -0.05) is 11.6 Å². The topological polar surface area (TPSA) is 34.5 Å². The number of amides is 1. The number of halogens is 3. The first kappa shape index (κ1) is 20.0. The molecular formula is C22H23ClF2N2O2. The smallest absolute Gasteiger partial charge is 0.410 e. The second-order valence-corrected chi connectivity index (χ2v) is 8.93. The van der Waals surface area contributed by atoms with Crippen LogP contribution >= 0.6 is 11.6 Å². The zero-order chi connectivity index (χ0) is 20.9. The molecule has 154 valence electrons. The Kier molecular flexibility index (Phi) is 4.93. The number of piperidine rings is 1. The van der Waals surface area contributed by atoms with Gasteiger partial charge in [0.05, 0.1) is 12.6 Å². The minimum atomic E-state index is -1.28. The first-order valence-corrected chi connectivity index (χ1v) is 10.0. The third-order valence-electron chi connectivity index (χ3n) is 5.22. The van der Waals surface area contributed by atoms with Crippen molar-refractivity contribution in [1.29, 1.82) is 0 Å². The van der Waals surface area contributed by atoms with Crippen LogP contribution in [0.5, 0.6) is 0 Å². The summed E-state index contributed by atoms with van der Waals surface area (Å²) in [5.74, 6) is -0.354. The molecule has 1 aromatic heterocycles. The molecule has 4 nitrogen and oxygen atoms in total. The lowest BCUT2D eigenvalue weighted by Gasteiger charge is -2.36. The second kappa shape index (κ2) is 7.17. The second-order valence-electron chi connectivity index (χ2n) is 8.49. The van der Waals surface area contributed by atoms with Gasteiger partial charge in [-0.3, -0.25) is 0 Å². The van der Waals surface area contributed by atoms with Gasteiger partial charge in [0.15, 0.2) is 0 Å². The molecule has 7 heteroatoms. The Bertz CT molecular complexity index is 1030. The lowest BCUT2D eigenvalue weighted by molar-refractivity contribution is 0.00737. The largest absolute Gasteiger partial charge is 0.444 e. The third-order valence-corrected chi connectivity index (χ3v) is 5.45. The van der Waals surface area contributed by atoms with E-state index in [2.05, 4.69) is 0 Å². The summed E-state index contributed by atoms with van der Waals surface area (Å²) in [6, 6.07) is 9.39. The van der Waals surface area contributed by atoms with Crippen molar-refractivity contribution in [3.63, 3.8) is 0 Å². The molecule has 0 saturated carbocycles. The van der Waals surface area contributed by atoms with Gasteiger partial charge >= 0.3 is 6.09 Å². The van der Waals surface area contributed by atoms with E-state index in [0.29, 0.717) is 23.4 Å². The van der Waals surface area contributed by atoms with Gasteiger partial charge in [0.25, 0.3) is 0 Å². The maximum atomic E-state index is 15.3. The van der Waals surface area contributed by atoms with Gasteiger partial charge in [-0.2, -0.15) is 0 Å². The molecule has 1 aliphatic rings. The Morgan fingerprint density at radius 1 is 1.14 bits per heavy atom. The van der Waals surface area contributed by atoms with Gasteiger partial charge in [-0.05, 0) is 63.6 Å². The molecule has 0 bridgehead atoms. The molecule has 2 atom stereocenters. The van der Waals surface area contributed by atoms with Crippen LogP contribution in [0.3, 0.4) is 0 Å². The van der Waals surface area contributed by atoms with Crippen LogP contribution < -0.4 is 0 Å². The average Bonchev–Trinajstić information content (AvgIpc) is 2.93. The highest BCUT2D eigenvalue weighted by molar-refractivity contribution is 6.31. The van der Waals surface area contributed by atoms with Crippen molar-refractivity contribution in [3.05, 3.63) is 47.2 Å². The summed E-state index contributed by atoms with van der Waals surface area (Å²) in [4.78, 5) is 13.7. The number of nitrogens with zero attached hydrogens (tertiary/aromatic N) is 2. The summed E-state index contributed by atoms with van der Waals surface area (Å²) in [5, 5.41) is 2.02. The summed E-state index contributed by atoms with van der Waals surface area (Å²) in [6.45, 7) is 5.69. The minimum absolute atomic E-state index is 0.0461. The number of likely N-dealkylation sites (tertiary alicyclic amines) is 1. The maximum absolute atomic E-state index is 15.3. The van der Waals surface area contributed by atoms with Crippen LogP contribution in [0.1, 0.15) is 33.2 Å². The zero-order valence-corrected chi connectivity index (χ0v) is 17.3. The molecule has 1 fully saturated rings. The van der Waals surface area contributed by atoms with E-state index in [1.165, 1.54) is 17.0 Å². The Balaban J connectivity index is 1.71. The molecule has 0 spiro atoms. The molecule has 0 aliphatic carbocycles. The standard InChI is InChI=1S/C22H23ClF2N2O2/c1-22(2,3)29-21(28)26-9-8-20(17(25)12-26)27-18-6-4-13(23)10-15(18)16-11-14(24)5-7-19(16)27/h4-7,10-11,17,20H,8-9,12H2,1-3H3/t17-,20+/m0/s1. The number of aromatic nitrogens is 1. The molecule has 0 radical (unpaired) electrons. The van der Waals surface area contributed by atoms with E-state index in [1.807, 2.05) is 10.6 Å². The molecule has 2 heterocycles. The lowest BCUT2D eigenvalue weighted by atomic mass is 10.0. The average molecular weight is 421 g/mol. The Morgan fingerprint density at radius 3 is 2.45 bits per heavy atom. The number of carbonyl (C=O) groups excluding carboxylic acids is 1. The van der Waals surface area contributed by atoms with Crippen LogP contribution in [-0.2, 0) is 4.74 Å². The normalized spacial score (nSPS) is 20.4. The number of hydrogen-bond donors (Lipinski definition) is 0. The quantitative estimate of drug-likeness (QED) is 0.476. The van der Waals surface area contributed by atoms with Crippen LogP contribution in [-0.4, -0.2) is 40.4 Å². The van der Waals surface area contributed by atoms with Crippen LogP contribution in [0.4, 0.5) is 13.6 Å². The van der Waals surface area contributed by atoms with Crippen molar-refractivity contribution >= 4 is 39.5 Å². The van der Waals surface area contributed by atoms with Gasteiger partial charge < -0.3 is 14.2 Å². The first-order valence-electron chi connectivity index (χ1n) is 9.65. The molecule has 3 aromatic rings. The predicted molar refractivity (Wildman–Crippen MR) is 111 cm³/mol. The maximum Gasteiger partial charge on any atom is 0.410 e. The third kappa shape index (κ3) is 3.78. The van der Waals surface area contributed by atoms with E-state index in [1.54, 1.807) is 39.0 Å². The number of ether oxygens (including phenoxy) is 1. The first-order chi connectivity index (χ1) is 13.6. The molecule has 1 amide bonds.